The van der Waals surface area contributed by atoms with Crippen molar-refractivity contribution < 1.29 is 0 Å². The molecule has 0 bridgehead atoms. The van der Waals surface area contributed by atoms with Crippen molar-refractivity contribution in [3.63, 3.8) is 0 Å². The van der Waals surface area contributed by atoms with Crippen LogP contribution in [0.2, 0.25) is 0 Å². The van der Waals surface area contributed by atoms with Crippen LogP contribution < -0.4 is 0 Å². The molecule has 2 unspecified atom stereocenters. The minimum absolute atomic E-state index is 0.549. The Balaban J connectivity index is 2.16. The lowest BCUT2D eigenvalue weighted by molar-refractivity contribution is 0.648. The van der Waals surface area contributed by atoms with Gasteiger partial charge in [0.2, 0.25) is 0 Å². The first-order valence-corrected chi connectivity index (χ1v) is 4.08. The van der Waals surface area contributed by atoms with Crippen LogP contribution in [0, 0.1) is 0 Å². The van der Waals surface area contributed by atoms with Crippen molar-refractivity contribution >= 4 is 23.5 Å². The molecule has 2 atom stereocenters. The summed E-state index contributed by atoms with van der Waals surface area (Å²) in [6.07, 6.45) is 3.18. The van der Waals surface area contributed by atoms with E-state index in [0.717, 1.165) is 13.0 Å². The zero-order valence-corrected chi connectivity index (χ0v) is 5.84. The molecule has 0 saturated carbocycles. The molecular formula is C6H8N2S. The Kier molecular flexibility index (Phi) is 1.30. The summed E-state index contributed by atoms with van der Waals surface area (Å²) in [4.78, 5) is 8.50. The normalized spacial score (nSPS) is 39.1. The summed E-state index contributed by atoms with van der Waals surface area (Å²) >= 11 is 1.79. The van der Waals surface area contributed by atoms with E-state index in [-0.39, 0.29) is 0 Å². The third-order valence-corrected chi connectivity index (χ3v) is 2.65. The summed E-state index contributed by atoms with van der Waals surface area (Å²) in [5.74, 6) is 0. The van der Waals surface area contributed by atoms with E-state index in [1.54, 1.807) is 11.8 Å². The fourth-order valence-corrected chi connectivity index (χ4v) is 2.03. The first-order chi connectivity index (χ1) is 4.47. The Hall–Kier alpha value is -0.310. The molecule has 2 nitrogen and oxygen atoms in total. The Morgan fingerprint density at radius 1 is 1.56 bits per heavy atom. The molecule has 0 spiro atoms. The highest BCUT2D eigenvalue weighted by molar-refractivity contribution is 8.13. The molecule has 9 heavy (non-hydrogen) atoms. The lowest BCUT2D eigenvalue weighted by Gasteiger charge is -2.15. The SMILES string of the molecule is C1=NCCC2N=CSC12. The van der Waals surface area contributed by atoms with Gasteiger partial charge in [0, 0.05) is 12.8 Å². The van der Waals surface area contributed by atoms with Crippen LogP contribution in [0.25, 0.3) is 0 Å². The van der Waals surface area contributed by atoms with Gasteiger partial charge >= 0.3 is 0 Å². The van der Waals surface area contributed by atoms with Crippen molar-refractivity contribution in [1.29, 1.82) is 0 Å². The van der Waals surface area contributed by atoms with Gasteiger partial charge in [0.05, 0.1) is 16.8 Å². The molecule has 0 N–H and O–H groups in total. The Labute approximate surface area is 58.5 Å². The van der Waals surface area contributed by atoms with Gasteiger partial charge in [-0.25, -0.2) is 0 Å². The van der Waals surface area contributed by atoms with E-state index in [1.807, 2.05) is 11.8 Å². The maximum absolute atomic E-state index is 4.30. The third-order valence-electron chi connectivity index (χ3n) is 1.66. The maximum atomic E-state index is 4.30. The fraction of sp³-hybridized carbons (Fsp3) is 0.667. The topological polar surface area (TPSA) is 24.7 Å². The smallest absolute Gasteiger partial charge is 0.0695 e. The summed E-state index contributed by atoms with van der Waals surface area (Å²) in [6, 6.07) is 0.549. The molecule has 0 aliphatic carbocycles. The van der Waals surface area contributed by atoms with Gasteiger partial charge in [-0.3, -0.25) is 9.98 Å². The van der Waals surface area contributed by atoms with Gasteiger partial charge in [-0.05, 0) is 6.42 Å². The molecular weight excluding hydrogens is 132 g/mol. The van der Waals surface area contributed by atoms with Crippen molar-refractivity contribution in [3.8, 4) is 0 Å². The largest absolute Gasteiger partial charge is 0.296 e. The van der Waals surface area contributed by atoms with Crippen molar-refractivity contribution in [1.82, 2.24) is 0 Å². The van der Waals surface area contributed by atoms with E-state index in [2.05, 4.69) is 9.98 Å². The molecule has 0 radical (unpaired) electrons. The molecule has 3 heteroatoms. The fourth-order valence-electron chi connectivity index (χ4n) is 1.12. The van der Waals surface area contributed by atoms with Crippen molar-refractivity contribution in [2.24, 2.45) is 9.98 Å². The predicted molar refractivity (Wildman–Crippen MR) is 41.6 cm³/mol. The standard InChI is InChI=1S/C6H8N2S/c1-2-7-3-6-5(1)8-4-9-6/h3-6H,1-2H2. The maximum Gasteiger partial charge on any atom is 0.0695 e. The molecule has 2 aliphatic heterocycles. The number of nitrogens with zero attached hydrogens (tertiary/aromatic N) is 2. The second-order valence-corrected chi connectivity index (χ2v) is 3.29. The highest BCUT2D eigenvalue weighted by atomic mass is 32.2. The van der Waals surface area contributed by atoms with Crippen molar-refractivity contribution in [2.75, 3.05) is 6.54 Å². The van der Waals surface area contributed by atoms with E-state index in [0.29, 0.717) is 11.3 Å². The van der Waals surface area contributed by atoms with Gasteiger partial charge in [-0.1, -0.05) is 0 Å². The van der Waals surface area contributed by atoms with Crippen LogP contribution in [0.4, 0.5) is 0 Å². The highest BCUT2D eigenvalue weighted by Crippen LogP contribution is 2.24. The van der Waals surface area contributed by atoms with E-state index < -0.39 is 0 Å². The van der Waals surface area contributed by atoms with Crippen LogP contribution in [0.15, 0.2) is 9.98 Å². The zero-order chi connectivity index (χ0) is 6.10. The third kappa shape index (κ3) is 0.894. The van der Waals surface area contributed by atoms with Crippen LogP contribution in [0.1, 0.15) is 6.42 Å². The molecule has 0 aromatic carbocycles. The second-order valence-electron chi connectivity index (χ2n) is 2.27. The average molecular weight is 140 g/mol. The monoisotopic (exact) mass is 140 g/mol. The molecule has 2 heterocycles. The number of hydrogen-bond acceptors (Lipinski definition) is 3. The summed E-state index contributed by atoms with van der Waals surface area (Å²) in [7, 11) is 0. The Morgan fingerprint density at radius 2 is 2.56 bits per heavy atom. The molecule has 2 aliphatic rings. The van der Waals surface area contributed by atoms with Gasteiger partial charge < -0.3 is 0 Å². The molecule has 2 rings (SSSR count). The van der Waals surface area contributed by atoms with E-state index in [1.165, 1.54) is 0 Å². The highest BCUT2D eigenvalue weighted by Gasteiger charge is 2.24. The Bertz CT molecular complexity index is 164. The predicted octanol–water partition coefficient (Wildman–Crippen LogP) is 0.973. The van der Waals surface area contributed by atoms with Gasteiger partial charge in [0.1, 0.15) is 0 Å². The number of hydrogen-bond donors (Lipinski definition) is 0. The van der Waals surface area contributed by atoms with E-state index >= 15 is 0 Å². The van der Waals surface area contributed by atoms with Gasteiger partial charge in [-0.2, -0.15) is 0 Å². The van der Waals surface area contributed by atoms with Gasteiger partial charge in [0.15, 0.2) is 0 Å². The lowest BCUT2D eigenvalue weighted by Crippen LogP contribution is -2.23. The summed E-state index contributed by atoms with van der Waals surface area (Å²) < 4.78 is 0. The molecule has 0 saturated heterocycles. The summed E-state index contributed by atoms with van der Waals surface area (Å²) in [5.41, 5.74) is 1.95. The number of fused-ring (bicyclic) bond motifs is 1. The van der Waals surface area contributed by atoms with Crippen LogP contribution in [-0.2, 0) is 0 Å². The summed E-state index contributed by atoms with van der Waals surface area (Å²) in [6.45, 7) is 0.971. The number of thioether (sulfide) groups is 1. The van der Waals surface area contributed by atoms with Crippen molar-refractivity contribution in [2.45, 2.75) is 17.7 Å². The molecule has 48 valence electrons. The average Bonchev–Trinajstić information content (AvgIpc) is 2.33. The van der Waals surface area contributed by atoms with Crippen LogP contribution in [0.5, 0.6) is 0 Å². The Morgan fingerprint density at radius 3 is 3.44 bits per heavy atom. The first-order valence-electron chi connectivity index (χ1n) is 3.14. The van der Waals surface area contributed by atoms with E-state index in [9.17, 15) is 0 Å². The number of aliphatic imine (C=N–C) groups is 2. The van der Waals surface area contributed by atoms with Crippen molar-refractivity contribution in [3.05, 3.63) is 0 Å². The number of rotatable bonds is 0. The van der Waals surface area contributed by atoms with Crippen LogP contribution in [0.3, 0.4) is 0 Å². The van der Waals surface area contributed by atoms with Gasteiger partial charge in [-0.15, -0.1) is 11.8 Å². The molecule has 0 amide bonds. The van der Waals surface area contributed by atoms with E-state index in [4.69, 9.17) is 0 Å². The molecule has 0 aromatic rings. The summed E-state index contributed by atoms with van der Waals surface area (Å²) in [5, 5.41) is 0.568. The van der Waals surface area contributed by atoms with Crippen LogP contribution in [-0.4, -0.2) is 29.6 Å². The van der Waals surface area contributed by atoms with Crippen LogP contribution >= 0.6 is 11.8 Å². The zero-order valence-electron chi connectivity index (χ0n) is 5.03. The molecule has 0 aromatic heterocycles. The van der Waals surface area contributed by atoms with Gasteiger partial charge in [0.25, 0.3) is 0 Å². The molecule has 0 fully saturated rings. The lowest BCUT2D eigenvalue weighted by atomic mass is 10.1. The first kappa shape index (κ1) is 5.47. The minimum Gasteiger partial charge on any atom is -0.296 e. The second kappa shape index (κ2) is 2.14. The quantitative estimate of drug-likeness (QED) is 0.492. The minimum atomic E-state index is 0.549.